The van der Waals surface area contributed by atoms with Crippen molar-refractivity contribution in [2.45, 2.75) is 38.8 Å². The van der Waals surface area contributed by atoms with E-state index < -0.39 is 35.2 Å². The zero-order valence-electron chi connectivity index (χ0n) is 19.3. The maximum atomic E-state index is 12.7. The standard InChI is InChI=1S/C24H24N2O8S/c1-12-6-13(2)8-17(7-12)33-10-16-4-5-18(34-16)21(28)25-19-22(29)26-20(24(30)31)15(9-32-14(3)27)11-35-23(19)26/h4-8,19,23H,9-11H2,1-3H3,(H,25,28)(H,30,31)/t19-,23-/m0/s1. The fourth-order valence-electron chi connectivity index (χ4n) is 3.94. The summed E-state index contributed by atoms with van der Waals surface area (Å²) in [4.78, 5) is 49.4. The number of carbonyl (C=O) groups excluding carboxylic acids is 3. The number of hydrogen-bond acceptors (Lipinski definition) is 8. The highest BCUT2D eigenvalue weighted by Gasteiger charge is 2.54. The van der Waals surface area contributed by atoms with E-state index in [0.29, 0.717) is 17.1 Å². The van der Waals surface area contributed by atoms with Crippen LogP contribution in [0.2, 0.25) is 0 Å². The molecule has 4 rings (SSSR count). The second-order valence-electron chi connectivity index (χ2n) is 8.28. The lowest BCUT2D eigenvalue weighted by atomic mass is 10.0. The number of rotatable bonds is 8. The smallest absolute Gasteiger partial charge is 0.352 e. The molecular weight excluding hydrogens is 476 g/mol. The normalized spacial score (nSPS) is 19.1. The Morgan fingerprint density at radius 2 is 1.89 bits per heavy atom. The number of furan rings is 1. The van der Waals surface area contributed by atoms with Gasteiger partial charge in [-0.2, -0.15) is 0 Å². The van der Waals surface area contributed by atoms with Crippen molar-refractivity contribution in [2.75, 3.05) is 12.4 Å². The second-order valence-corrected chi connectivity index (χ2v) is 9.38. The molecule has 3 heterocycles. The van der Waals surface area contributed by atoms with Crippen LogP contribution in [0.3, 0.4) is 0 Å². The van der Waals surface area contributed by atoms with Gasteiger partial charge in [-0.25, -0.2) is 4.79 Å². The molecule has 0 aliphatic carbocycles. The van der Waals surface area contributed by atoms with Crippen LogP contribution in [-0.2, 0) is 25.7 Å². The van der Waals surface area contributed by atoms with Gasteiger partial charge in [-0.3, -0.25) is 19.3 Å². The first kappa shape index (κ1) is 24.4. The zero-order chi connectivity index (χ0) is 25.3. The van der Waals surface area contributed by atoms with E-state index in [2.05, 4.69) is 5.32 Å². The topological polar surface area (TPSA) is 135 Å². The number of aliphatic carboxylic acids is 1. The largest absolute Gasteiger partial charge is 0.486 e. The molecule has 2 aliphatic rings. The lowest BCUT2D eigenvalue weighted by Crippen LogP contribution is -2.70. The van der Waals surface area contributed by atoms with Crippen LogP contribution in [0.4, 0.5) is 0 Å². The molecule has 35 heavy (non-hydrogen) atoms. The van der Waals surface area contributed by atoms with E-state index in [4.69, 9.17) is 13.9 Å². The predicted octanol–water partition coefficient (Wildman–Crippen LogP) is 2.39. The first-order valence-electron chi connectivity index (χ1n) is 10.8. The summed E-state index contributed by atoms with van der Waals surface area (Å²) in [5, 5.41) is 11.6. The Hall–Kier alpha value is -3.73. The molecule has 0 unspecified atom stereocenters. The van der Waals surface area contributed by atoms with Crippen molar-refractivity contribution in [3.63, 3.8) is 0 Å². The number of nitrogens with zero attached hydrogens (tertiary/aromatic N) is 1. The summed E-state index contributed by atoms with van der Waals surface area (Å²) in [6, 6.07) is 8.04. The number of amides is 2. The molecule has 10 nitrogen and oxygen atoms in total. The van der Waals surface area contributed by atoms with Crippen LogP contribution < -0.4 is 10.1 Å². The Balaban J connectivity index is 1.38. The van der Waals surface area contributed by atoms with Gasteiger partial charge in [0.15, 0.2) is 5.76 Å². The molecule has 184 valence electrons. The Morgan fingerprint density at radius 3 is 2.54 bits per heavy atom. The summed E-state index contributed by atoms with van der Waals surface area (Å²) in [5.74, 6) is -1.60. The van der Waals surface area contributed by atoms with Gasteiger partial charge in [0.2, 0.25) is 0 Å². The molecule has 0 saturated carbocycles. The van der Waals surface area contributed by atoms with Crippen LogP contribution in [0, 0.1) is 13.8 Å². The number of nitrogens with one attached hydrogen (secondary N) is 1. The number of β-lactam (4-membered cyclic amide) rings is 1. The molecule has 1 aromatic carbocycles. The average Bonchev–Trinajstić information content (AvgIpc) is 3.27. The fraction of sp³-hybridized carbons (Fsp3) is 0.333. The molecule has 1 aromatic heterocycles. The number of thioether (sulfide) groups is 1. The van der Waals surface area contributed by atoms with E-state index in [1.54, 1.807) is 6.07 Å². The second kappa shape index (κ2) is 9.87. The van der Waals surface area contributed by atoms with Crippen LogP contribution >= 0.6 is 11.8 Å². The number of ether oxygens (including phenoxy) is 2. The highest BCUT2D eigenvalue weighted by Crippen LogP contribution is 2.40. The van der Waals surface area contributed by atoms with E-state index >= 15 is 0 Å². The van der Waals surface area contributed by atoms with Gasteiger partial charge in [0, 0.05) is 18.2 Å². The van der Waals surface area contributed by atoms with Crippen molar-refractivity contribution in [2.24, 2.45) is 0 Å². The average molecular weight is 501 g/mol. The minimum atomic E-state index is -1.30. The minimum Gasteiger partial charge on any atom is -0.486 e. The first-order valence-corrected chi connectivity index (χ1v) is 11.8. The maximum Gasteiger partial charge on any atom is 0.352 e. The van der Waals surface area contributed by atoms with Gasteiger partial charge in [-0.05, 0) is 49.2 Å². The third kappa shape index (κ3) is 5.19. The Morgan fingerprint density at radius 1 is 1.17 bits per heavy atom. The van der Waals surface area contributed by atoms with Crippen molar-refractivity contribution in [3.05, 3.63) is 64.2 Å². The molecule has 11 heteroatoms. The third-order valence-electron chi connectivity index (χ3n) is 5.45. The molecule has 1 saturated heterocycles. The summed E-state index contributed by atoms with van der Waals surface area (Å²) in [6.07, 6.45) is 0. The van der Waals surface area contributed by atoms with Gasteiger partial charge in [0.1, 0.15) is 41.8 Å². The van der Waals surface area contributed by atoms with Crippen LogP contribution in [0.1, 0.15) is 34.4 Å². The Kier molecular flexibility index (Phi) is 6.88. The van der Waals surface area contributed by atoms with Crippen LogP contribution in [0.15, 0.2) is 46.0 Å². The Labute approximate surface area is 205 Å². The highest BCUT2D eigenvalue weighted by atomic mass is 32.2. The number of fused-ring (bicyclic) bond motifs is 1. The summed E-state index contributed by atoms with van der Waals surface area (Å²) >= 11 is 1.28. The van der Waals surface area contributed by atoms with E-state index in [1.807, 2.05) is 32.0 Å². The molecule has 2 atom stereocenters. The van der Waals surface area contributed by atoms with E-state index in [-0.39, 0.29) is 30.4 Å². The van der Waals surface area contributed by atoms with Crippen molar-refractivity contribution >= 4 is 35.5 Å². The summed E-state index contributed by atoms with van der Waals surface area (Å²) in [6.45, 7) is 5.08. The van der Waals surface area contributed by atoms with Crippen molar-refractivity contribution in [1.29, 1.82) is 0 Å². The van der Waals surface area contributed by atoms with Crippen molar-refractivity contribution in [1.82, 2.24) is 10.2 Å². The number of esters is 1. The molecule has 1 fully saturated rings. The first-order chi connectivity index (χ1) is 16.6. The van der Waals surface area contributed by atoms with Crippen LogP contribution in [0.5, 0.6) is 5.75 Å². The van der Waals surface area contributed by atoms with Crippen LogP contribution in [0.25, 0.3) is 0 Å². The van der Waals surface area contributed by atoms with Crippen LogP contribution in [-0.4, -0.2) is 57.5 Å². The maximum absolute atomic E-state index is 12.7. The molecule has 0 bridgehead atoms. The van der Waals surface area contributed by atoms with Crippen molar-refractivity contribution < 1.29 is 38.2 Å². The zero-order valence-corrected chi connectivity index (χ0v) is 20.1. The van der Waals surface area contributed by atoms with Gasteiger partial charge >= 0.3 is 11.9 Å². The van der Waals surface area contributed by atoms with Gasteiger partial charge < -0.3 is 24.3 Å². The molecule has 0 spiro atoms. The number of benzene rings is 1. The summed E-state index contributed by atoms with van der Waals surface area (Å²) in [5.41, 5.74) is 2.25. The summed E-state index contributed by atoms with van der Waals surface area (Å²) < 4.78 is 16.2. The van der Waals surface area contributed by atoms with E-state index in [1.165, 1.54) is 24.8 Å². The number of carboxylic acids is 1. The summed E-state index contributed by atoms with van der Waals surface area (Å²) in [7, 11) is 0. The van der Waals surface area contributed by atoms with E-state index in [9.17, 15) is 24.3 Å². The number of carbonyl (C=O) groups is 4. The van der Waals surface area contributed by atoms with E-state index in [0.717, 1.165) is 16.0 Å². The van der Waals surface area contributed by atoms with Gasteiger partial charge in [-0.15, -0.1) is 11.8 Å². The highest BCUT2D eigenvalue weighted by molar-refractivity contribution is 8.00. The minimum absolute atomic E-state index is 0.0145. The SMILES string of the molecule is CC(=O)OCC1=C(C(=O)O)N2C(=O)[C@H](NC(=O)c3ccc(COc4cc(C)cc(C)c4)o3)[C@@H]2SC1. The van der Waals surface area contributed by atoms with Crippen molar-refractivity contribution in [3.8, 4) is 5.75 Å². The van der Waals surface area contributed by atoms with Gasteiger partial charge in [-0.1, -0.05) is 6.07 Å². The monoisotopic (exact) mass is 500 g/mol. The molecular formula is C24H24N2O8S. The lowest BCUT2D eigenvalue weighted by Gasteiger charge is -2.49. The fourth-order valence-corrected chi connectivity index (χ4v) is 5.27. The molecule has 0 radical (unpaired) electrons. The molecule has 2 aliphatic heterocycles. The van der Waals surface area contributed by atoms with Gasteiger partial charge in [0.25, 0.3) is 11.8 Å². The molecule has 2 aromatic rings. The predicted molar refractivity (Wildman–Crippen MR) is 125 cm³/mol. The third-order valence-corrected chi connectivity index (χ3v) is 6.79. The lowest BCUT2D eigenvalue weighted by molar-refractivity contribution is -0.149. The number of aryl methyl sites for hydroxylation is 2. The molecule has 2 N–H and O–H groups in total. The van der Waals surface area contributed by atoms with Gasteiger partial charge in [0.05, 0.1) is 0 Å². The molecule has 2 amide bonds. The quantitative estimate of drug-likeness (QED) is 0.414. The number of hydrogen-bond donors (Lipinski definition) is 2. The number of carboxylic acid groups (broad SMARTS) is 1. The Bertz CT molecular complexity index is 1210.